The molecule has 34 heavy (non-hydrogen) atoms. The molecule has 2 amide bonds. The molecule has 1 aromatic heterocycles. The monoisotopic (exact) mass is 495 g/mol. The summed E-state index contributed by atoms with van der Waals surface area (Å²) < 4.78 is 28.8. The molecule has 1 aliphatic heterocycles. The number of unbranched alkanes of at least 4 members (excludes halogenated alkanes) is 1. The molecule has 1 aromatic carbocycles. The number of hydrogen-bond acceptors (Lipinski definition) is 4. The number of aromatic nitrogens is 1. The second-order valence-corrected chi connectivity index (χ2v) is 9.17. The standard InChI is InChI=1S/C24H28ClF2N3O4/c1-4-5-6-13(2)10-30-14(3)11-29-12-16(21(31)22(32)20(29)24(30)34)23(33)28-9-15-7-8-17(26)18(25)19(15)27/h7-8,12-14,32H,4-6,9-11H2,1-3H3,(H,28,33)/t13-,14?/m1/s1. The van der Waals surface area contributed by atoms with E-state index in [1.807, 2.05) is 6.92 Å². The Morgan fingerprint density at radius 2 is 2.03 bits per heavy atom. The molecular weight excluding hydrogens is 468 g/mol. The fourth-order valence-corrected chi connectivity index (χ4v) is 4.30. The number of benzene rings is 1. The predicted molar refractivity (Wildman–Crippen MR) is 124 cm³/mol. The van der Waals surface area contributed by atoms with Gasteiger partial charge in [0.1, 0.15) is 22.2 Å². The molecule has 2 aromatic rings. The van der Waals surface area contributed by atoms with E-state index in [-0.39, 0.29) is 41.9 Å². The van der Waals surface area contributed by atoms with Gasteiger partial charge in [-0.25, -0.2) is 8.78 Å². The van der Waals surface area contributed by atoms with Gasteiger partial charge in [-0.05, 0) is 25.3 Å². The van der Waals surface area contributed by atoms with Gasteiger partial charge >= 0.3 is 0 Å². The molecule has 10 heteroatoms. The Morgan fingerprint density at radius 1 is 1.32 bits per heavy atom. The lowest BCUT2D eigenvalue weighted by Crippen LogP contribution is -2.49. The average molecular weight is 496 g/mol. The maximum Gasteiger partial charge on any atom is 0.274 e. The lowest BCUT2D eigenvalue weighted by atomic mass is 10.0. The van der Waals surface area contributed by atoms with Crippen LogP contribution in [-0.2, 0) is 13.1 Å². The Kier molecular flexibility index (Phi) is 7.97. The normalized spacial score (nSPS) is 16.4. The molecule has 2 heterocycles. The number of pyridine rings is 1. The number of halogens is 3. The molecule has 2 N–H and O–H groups in total. The quantitative estimate of drug-likeness (QED) is 0.540. The molecule has 1 unspecified atom stereocenters. The van der Waals surface area contributed by atoms with Crippen molar-refractivity contribution in [3.63, 3.8) is 0 Å². The van der Waals surface area contributed by atoms with Crippen LogP contribution in [0.5, 0.6) is 5.75 Å². The Hall–Kier alpha value is -2.94. The highest BCUT2D eigenvalue weighted by Gasteiger charge is 2.35. The number of amides is 2. The van der Waals surface area contributed by atoms with Crippen LogP contribution in [-0.4, -0.2) is 39.0 Å². The SMILES string of the molecule is CCCC[C@@H](C)CN1C(=O)c2c(O)c(=O)c(C(=O)NCc3ccc(F)c(Cl)c3F)cn2CC1C. The van der Waals surface area contributed by atoms with Gasteiger partial charge in [0, 0.05) is 37.4 Å². The van der Waals surface area contributed by atoms with Crippen LogP contribution in [0.2, 0.25) is 5.02 Å². The number of carbonyl (C=O) groups is 2. The minimum Gasteiger partial charge on any atom is -0.503 e. The highest BCUT2D eigenvalue weighted by molar-refractivity contribution is 6.30. The predicted octanol–water partition coefficient (Wildman–Crippen LogP) is 4.09. The van der Waals surface area contributed by atoms with Gasteiger partial charge in [0.15, 0.2) is 11.4 Å². The van der Waals surface area contributed by atoms with Gasteiger partial charge in [-0.15, -0.1) is 0 Å². The van der Waals surface area contributed by atoms with Gasteiger partial charge in [-0.3, -0.25) is 14.4 Å². The van der Waals surface area contributed by atoms with Crippen LogP contribution in [0.1, 0.15) is 66.4 Å². The molecule has 0 fully saturated rings. The van der Waals surface area contributed by atoms with Crippen molar-refractivity contribution in [1.29, 1.82) is 0 Å². The third-order valence-corrected chi connectivity index (χ3v) is 6.42. The van der Waals surface area contributed by atoms with Crippen LogP contribution in [0.15, 0.2) is 23.1 Å². The highest BCUT2D eigenvalue weighted by Crippen LogP contribution is 2.26. The Labute approximate surface area is 201 Å². The third-order valence-electron chi connectivity index (χ3n) is 6.07. The lowest BCUT2D eigenvalue weighted by molar-refractivity contribution is 0.0566. The second-order valence-electron chi connectivity index (χ2n) is 8.79. The second kappa shape index (κ2) is 10.5. The van der Waals surface area contributed by atoms with Crippen LogP contribution < -0.4 is 10.7 Å². The number of fused-ring (bicyclic) bond motifs is 1. The summed E-state index contributed by atoms with van der Waals surface area (Å²) in [6.45, 7) is 6.46. The summed E-state index contributed by atoms with van der Waals surface area (Å²) in [5.41, 5.74) is -1.61. The van der Waals surface area contributed by atoms with Crippen molar-refractivity contribution in [2.75, 3.05) is 6.54 Å². The number of hydrogen-bond donors (Lipinski definition) is 2. The van der Waals surface area contributed by atoms with E-state index >= 15 is 0 Å². The van der Waals surface area contributed by atoms with Gasteiger partial charge in [0.25, 0.3) is 11.8 Å². The smallest absolute Gasteiger partial charge is 0.274 e. The first-order chi connectivity index (χ1) is 16.1. The summed E-state index contributed by atoms with van der Waals surface area (Å²) in [4.78, 5) is 40.1. The van der Waals surface area contributed by atoms with E-state index in [0.29, 0.717) is 6.54 Å². The summed E-state index contributed by atoms with van der Waals surface area (Å²) in [5.74, 6) is -3.82. The van der Waals surface area contributed by atoms with Crippen molar-refractivity contribution >= 4 is 23.4 Å². The Balaban J connectivity index is 1.83. The van der Waals surface area contributed by atoms with Crippen molar-refractivity contribution < 1.29 is 23.5 Å². The highest BCUT2D eigenvalue weighted by atomic mass is 35.5. The maximum atomic E-state index is 14.1. The molecule has 0 aliphatic carbocycles. The van der Waals surface area contributed by atoms with Gasteiger partial charge in [0.05, 0.1) is 0 Å². The molecule has 184 valence electrons. The van der Waals surface area contributed by atoms with Gasteiger partial charge in [-0.2, -0.15) is 0 Å². The summed E-state index contributed by atoms with van der Waals surface area (Å²) in [6.07, 6.45) is 4.29. The zero-order valence-electron chi connectivity index (χ0n) is 19.3. The van der Waals surface area contributed by atoms with Crippen LogP contribution >= 0.6 is 11.6 Å². The minimum absolute atomic E-state index is 0.0707. The number of nitrogens with one attached hydrogen (secondary N) is 1. The Bertz CT molecular complexity index is 1170. The third kappa shape index (κ3) is 5.09. The molecule has 0 radical (unpaired) electrons. The van der Waals surface area contributed by atoms with Crippen molar-refractivity contribution in [2.24, 2.45) is 5.92 Å². The van der Waals surface area contributed by atoms with E-state index in [2.05, 4.69) is 19.2 Å². The minimum atomic E-state index is -1.01. The molecule has 2 atom stereocenters. The number of carbonyl (C=O) groups excluding carboxylic acids is 2. The van der Waals surface area contributed by atoms with Crippen LogP contribution in [0, 0.1) is 17.6 Å². The number of rotatable bonds is 8. The first-order valence-corrected chi connectivity index (χ1v) is 11.6. The van der Waals surface area contributed by atoms with E-state index in [9.17, 15) is 28.3 Å². The number of aromatic hydroxyl groups is 1. The molecule has 0 spiro atoms. The molecule has 7 nitrogen and oxygen atoms in total. The molecule has 0 saturated carbocycles. The van der Waals surface area contributed by atoms with E-state index < -0.39 is 39.6 Å². The average Bonchev–Trinajstić information content (AvgIpc) is 2.80. The van der Waals surface area contributed by atoms with Gasteiger partial charge in [0.2, 0.25) is 5.43 Å². The molecule has 1 aliphatic rings. The van der Waals surface area contributed by atoms with Crippen molar-refractivity contribution in [2.45, 2.75) is 59.2 Å². The maximum absolute atomic E-state index is 14.1. The summed E-state index contributed by atoms with van der Waals surface area (Å²) in [7, 11) is 0. The van der Waals surface area contributed by atoms with Crippen LogP contribution in [0.4, 0.5) is 8.78 Å². The summed E-state index contributed by atoms with van der Waals surface area (Å²) in [6, 6.07) is 1.89. The fourth-order valence-electron chi connectivity index (χ4n) is 4.12. The molecule has 3 rings (SSSR count). The molecular formula is C24H28ClF2N3O4. The zero-order chi connectivity index (χ0) is 25.2. The fraction of sp³-hybridized carbons (Fsp3) is 0.458. The van der Waals surface area contributed by atoms with Crippen LogP contribution in [0.25, 0.3) is 0 Å². The zero-order valence-corrected chi connectivity index (χ0v) is 20.1. The largest absolute Gasteiger partial charge is 0.503 e. The van der Waals surface area contributed by atoms with Crippen LogP contribution in [0.3, 0.4) is 0 Å². The van der Waals surface area contributed by atoms with Crippen molar-refractivity contribution in [3.05, 3.63) is 62.0 Å². The van der Waals surface area contributed by atoms with Gasteiger partial charge < -0.3 is 19.9 Å². The van der Waals surface area contributed by atoms with E-state index in [4.69, 9.17) is 11.6 Å². The van der Waals surface area contributed by atoms with Crippen molar-refractivity contribution in [3.8, 4) is 5.75 Å². The van der Waals surface area contributed by atoms with Crippen molar-refractivity contribution in [1.82, 2.24) is 14.8 Å². The summed E-state index contributed by atoms with van der Waals surface area (Å²) >= 11 is 5.55. The Morgan fingerprint density at radius 3 is 2.71 bits per heavy atom. The van der Waals surface area contributed by atoms with E-state index in [1.54, 1.807) is 4.90 Å². The van der Waals surface area contributed by atoms with E-state index in [0.717, 1.165) is 31.4 Å². The first kappa shape index (κ1) is 25.7. The topological polar surface area (TPSA) is 91.6 Å². The van der Waals surface area contributed by atoms with Gasteiger partial charge in [-0.1, -0.05) is 44.4 Å². The summed E-state index contributed by atoms with van der Waals surface area (Å²) in [5, 5.41) is 12.2. The first-order valence-electron chi connectivity index (χ1n) is 11.2. The molecule has 0 saturated heterocycles. The molecule has 0 bridgehead atoms. The lowest BCUT2D eigenvalue weighted by Gasteiger charge is -2.37. The number of nitrogens with zero attached hydrogens (tertiary/aromatic N) is 2. The van der Waals surface area contributed by atoms with E-state index in [1.165, 1.54) is 10.8 Å².